The van der Waals surface area contributed by atoms with E-state index < -0.39 is 21.1 Å². The first kappa shape index (κ1) is 21.2. The third-order valence-electron chi connectivity index (χ3n) is 5.88. The lowest BCUT2D eigenvalue weighted by atomic mass is 10.1. The van der Waals surface area contributed by atoms with E-state index in [1.54, 1.807) is 43.4 Å². The Kier molecular flexibility index (Phi) is 5.38. The van der Waals surface area contributed by atoms with E-state index in [0.29, 0.717) is 22.4 Å². The van der Waals surface area contributed by atoms with E-state index in [4.69, 9.17) is 0 Å². The molecule has 8 nitrogen and oxygen atoms in total. The Morgan fingerprint density at radius 3 is 1.97 bits per heavy atom. The monoisotopic (exact) mass is 442 g/mol. The molecular formula is C22H26N4O4S. The van der Waals surface area contributed by atoms with Crippen LogP contribution in [-0.4, -0.2) is 30.6 Å². The van der Waals surface area contributed by atoms with Crippen LogP contribution in [0.5, 0.6) is 0 Å². The van der Waals surface area contributed by atoms with Crippen LogP contribution in [0.4, 0.5) is 11.4 Å². The molecular weight excluding hydrogens is 416 g/mol. The zero-order valence-corrected chi connectivity index (χ0v) is 18.7. The highest BCUT2D eigenvalue weighted by Gasteiger charge is 2.22. The summed E-state index contributed by atoms with van der Waals surface area (Å²) in [6.07, 6.45) is 3.14. The Bertz CT molecular complexity index is 1370. The predicted molar refractivity (Wildman–Crippen MR) is 122 cm³/mol. The lowest BCUT2D eigenvalue weighted by molar-refractivity contribution is 0.578. The number of aromatic nitrogens is 2. The molecule has 0 aliphatic carbocycles. The van der Waals surface area contributed by atoms with Gasteiger partial charge in [-0.15, -0.1) is 0 Å². The van der Waals surface area contributed by atoms with Crippen LogP contribution in [0.1, 0.15) is 24.8 Å². The maximum atomic E-state index is 13.1. The molecule has 31 heavy (non-hydrogen) atoms. The minimum absolute atomic E-state index is 0.164. The predicted octanol–water partition coefficient (Wildman–Crippen LogP) is 2.34. The fourth-order valence-electron chi connectivity index (χ4n) is 4.01. The van der Waals surface area contributed by atoms with Crippen molar-refractivity contribution in [1.82, 2.24) is 9.13 Å². The van der Waals surface area contributed by atoms with Gasteiger partial charge in [0.15, 0.2) is 0 Å². The van der Waals surface area contributed by atoms with Crippen molar-refractivity contribution in [2.75, 3.05) is 22.7 Å². The third-order valence-corrected chi connectivity index (χ3v) is 7.26. The summed E-state index contributed by atoms with van der Waals surface area (Å²) in [6.45, 7) is 3.49. The van der Waals surface area contributed by atoms with Crippen LogP contribution in [0.3, 0.4) is 0 Å². The second kappa shape index (κ2) is 7.88. The number of rotatable bonds is 4. The maximum Gasteiger partial charge on any atom is 0.316 e. The topological polar surface area (TPSA) is 93.4 Å². The number of hydrogen-bond donors (Lipinski definition) is 1. The fraction of sp³-hybridized carbons (Fsp3) is 0.364. The van der Waals surface area contributed by atoms with Gasteiger partial charge in [0, 0.05) is 27.2 Å². The Labute approximate surface area is 180 Å². The molecule has 1 fully saturated rings. The number of aryl methyl sites for hydroxylation is 3. The van der Waals surface area contributed by atoms with Gasteiger partial charge in [0.2, 0.25) is 0 Å². The van der Waals surface area contributed by atoms with Gasteiger partial charge in [-0.1, -0.05) is 17.7 Å². The number of anilines is 2. The zero-order valence-electron chi connectivity index (χ0n) is 17.9. The van der Waals surface area contributed by atoms with Gasteiger partial charge in [-0.3, -0.25) is 14.3 Å². The van der Waals surface area contributed by atoms with Crippen molar-refractivity contribution in [1.29, 1.82) is 0 Å². The molecule has 0 amide bonds. The Morgan fingerprint density at radius 1 is 0.839 bits per heavy atom. The minimum atomic E-state index is -3.83. The molecule has 9 heteroatoms. The van der Waals surface area contributed by atoms with Crippen LogP contribution >= 0.6 is 0 Å². The standard InChI is InChI=1S/C22H26N4O4S/c1-15-7-9-16(10-8-15)31(29,30)23-17-13-19-20(25(3)22(28)21(27)24(19)2)14-18(17)26-11-5-4-6-12-26/h7-10,13-14,23H,4-6,11-12H2,1-3H3. The third kappa shape index (κ3) is 3.85. The number of nitrogens with zero attached hydrogens (tertiary/aromatic N) is 3. The molecule has 4 rings (SSSR count). The molecule has 1 saturated heterocycles. The van der Waals surface area contributed by atoms with Gasteiger partial charge >= 0.3 is 11.1 Å². The molecule has 164 valence electrons. The summed E-state index contributed by atoms with van der Waals surface area (Å²) in [4.78, 5) is 26.9. The molecule has 0 unspecified atom stereocenters. The van der Waals surface area contributed by atoms with Crippen molar-refractivity contribution in [2.24, 2.45) is 14.1 Å². The molecule has 2 aromatic carbocycles. The largest absolute Gasteiger partial charge is 0.370 e. The normalized spacial score (nSPS) is 14.7. The van der Waals surface area contributed by atoms with Crippen molar-refractivity contribution >= 4 is 32.4 Å². The molecule has 1 aromatic heterocycles. The summed E-state index contributed by atoms with van der Waals surface area (Å²) >= 11 is 0. The van der Waals surface area contributed by atoms with Crippen molar-refractivity contribution in [3.8, 4) is 0 Å². The van der Waals surface area contributed by atoms with Crippen LogP contribution in [0, 0.1) is 6.92 Å². The van der Waals surface area contributed by atoms with Crippen LogP contribution in [-0.2, 0) is 24.1 Å². The van der Waals surface area contributed by atoms with Crippen molar-refractivity contribution in [2.45, 2.75) is 31.1 Å². The van der Waals surface area contributed by atoms with Crippen LogP contribution in [0.2, 0.25) is 0 Å². The van der Waals surface area contributed by atoms with E-state index in [1.165, 1.54) is 16.2 Å². The summed E-state index contributed by atoms with van der Waals surface area (Å²) in [5.74, 6) is 0. The molecule has 1 aliphatic rings. The highest BCUT2D eigenvalue weighted by atomic mass is 32.2. The summed E-state index contributed by atoms with van der Waals surface area (Å²) < 4.78 is 31.5. The number of hydrogen-bond acceptors (Lipinski definition) is 5. The average molecular weight is 443 g/mol. The number of benzene rings is 2. The van der Waals surface area contributed by atoms with E-state index in [2.05, 4.69) is 9.62 Å². The first-order valence-electron chi connectivity index (χ1n) is 10.3. The zero-order chi connectivity index (χ0) is 22.3. The molecule has 0 bridgehead atoms. The summed E-state index contributed by atoms with van der Waals surface area (Å²) in [7, 11) is -0.757. The average Bonchev–Trinajstić information content (AvgIpc) is 2.76. The SMILES string of the molecule is Cc1ccc(S(=O)(=O)Nc2cc3c(cc2N2CCCCC2)n(C)c(=O)c(=O)n3C)cc1. The van der Waals surface area contributed by atoms with Crippen molar-refractivity contribution in [3.63, 3.8) is 0 Å². The van der Waals surface area contributed by atoms with E-state index in [9.17, 15) is 18.0 Å². The van der Waals surface area contributed by atoms with Gasteiger partial charge < -0.3 is 14.0 Å². The molecule has 0 saturated carbocycles. The summed E-state index contributed by atoms with van der Waals surface area (Å²) in [5, 5.41) is 0. The lowest BCUT2D eigenvalue weighted by Gasteiger charge is -2.31. The smallest absolute Gasteiger partial charge is 0.316 e. The highest BCUT2D eigenvalue weighted by molar-refractivity contribution is 7.92. The Balaban J connectivity index is 1.92. The summed E-state index contributed by atoms with van der Waals surface area (Å²) in [6, 6.07) is 10.1. The van der Waals surface area contributed by atoms with Gasteiger partial charge in [-0.05, 0) is 50.5 Å². The molecule has 2 heterocycles. The van der Waals surface area contributed by atoms with Gasteiger partial charge in [0.05, 0.1) is 27.3 Å². The molecule has 3 aromatic rings. The van der Waals surface area contributed by atoms with Crippen LogP contribution < -0.4 is 20.7 Å². The van der Waals surface area contributed by atoms with Gasteiger partial charge in [-0.2, -0.15) is 0 Å². The molecule has 0 atom stereocenters. The molecule has 0 radical (unpaired) electrons. The quantitative estimate of drug-likeness (QED) is 0.626. The summed E-state index contributed by atoms with van der Waals surface area (Å²) in [5.41, 5.74) is 1.84. The first-order valence-corrected chi connectivity index (χ1v) is 11.8. The van der Waals surface area contributed by atoms with E-state index >= 15 is 0 Å². The number of fused-ring (bicyclic) bond motifs is 1. The van der Waals surface area contributed by atoms with Crippen molar-refractivity contribution < 1.29 is 8.42 Å². The lowest BCUT2D eigenvalue weighted by Crippen LogP contribution is -2.39. The number of sulfonamides is 1. The van der Waals surface area contributed by atoms with Crippen LogP contribution in [0.15, 0.2) is 50.9 Å². The fourth-order valence-corrected chi connectivity index (χ4v) is 5.07. The molecule has 1 N–H and O–H groups in total. The molecule has 0 spiro atoms. The maximum absolute atomic E-state index is 13.1. The highest BCUT2D eigenvalue weighted by Crippen LogP contribution is 2.34. The van der Waals surface area contributed by atoms with Gasteiger partial charge in [-0.25, -0.2) is 8.42 Å². The Morgan fingerprint density at radius 2 is 1.39 bits per heavy atom. The second-order valence-electron chi connectivity index (χ2n) is 8.05. The van der Waals surface area contributed by atoms with E-state index in [1.807, 2.05) is 6.92 Å². The minimum Gasteiger partial charge on any atom is -0.370 e. The number of piperidine rings is 1. The van der Waals surface area contributed by atoms with Gasteiger partial charge in [0.1, 0.15) is 0 Å². The molecule has 1 aliphatic heterocycles. The number of nitrogens with one attached hydrogen (secondary N) is 1. The van der Waals surface area contributed by atoms with E-state index in [-0.39, 0.29) is 4.90 Å². The second-order valence-corrected chi connectivity index (χ2v) is 9.74. The Hall–Kier alpha value is -3.07. The van der Waals surface area contributed by atoms with E-state index in [0.717, 1.165) is 37.9 Å². The first-order chi connectivity index (χ1) is 14.7. The van der Waals surface area contributed by atoms with Crippen molar-refractivity contribution in [3.05, 3.63) is 62.7 Å². The van der Waals surface area contributed by atoms with Gasteiger partial charge in [0.25, 0.3) is 10.0 Å². The van der Waals surface area contributed by atoms with Crippen LogP contribution in [0.25, 0.3) is 11.0 Å².